The van der Waals surface area contributed by atoms with Crippen LogP contribution in [0.1, 0.15) is 50.4 Å². The Kier molecular flexibility index (Phi) is 4.95. The van der Waals surface area contributed by atoms with Crippen LogP contribution >= 0.6 is 0 Å². The van der Waals surface area contributed by atoms with Crippen LogP contribution in [0.3, 0.4) is 0 Å². The summed E-state index contributed by atoms with van der Waals surface area (Å²) in [4.78, 5) is 13.8. The maximum atomic E-state index is 13.5. The minimum absolute atomic E-state index is 0.0363. The van der Waals surface area contributed by atoms with Crippen LogP contribution in [-0.4, -0.2) is 53.1 Å². The largest absolute Gasteiger partial charge is 0.410 e. The van der Waals surface area contributed by atoms with Crippen molar-refractivity contribution in [1.29, 1.82) is 0 Å². The lowest BCUT2D eigenvalue weighted by Crippen LogP contribution is -2.39. The number of carbonyl (C=O) groups excluding carboxylic acids is 1. The molecule has 140 valence electrons. The summed E-state index contributed by atoms with van der Waals surface area (Å²) in [7, 11) is 1.45. The smallest absolute Gasteiger partial charge is 0.375 e. The Bertz CT molecular complexity index is 631. The van der Waals surface area contributed by atoms with Gasteiger partial charge in [-0.15, -0.1) is 0 Å². The molecule has 9 heteroatoms. The van der Waals surface area contributed by atoms with Gasteiger partial charge in [0.05, 0.1) is 11.7 Å². The number of halogens is 3. The third-order valence-electron chi connectivity index (χ3n) is 4.96. The fraction of sp³-hybridized carbons (Fsp3) is 0.750. The average molecular weight is 360 g/mol. The van der Waals surface area contributed by atoms with Crippen molar-refractivity contribution in [2.24, 2.45) is 0 Å². The van der Waals surface area contributed by atoms with E-state index >= 15 is 0 Å². The number of anilines is 1. The molecule has 2 aliphatic rings. The standard InChI is InChI=1S/C16H23F3N4O2/c1-3-10-7-13(16(17,18)19)23-14(20-10)8-11(21-23)12-5-4-6-22(12)15(24)9-25-2/h8,10,12-13,20H,3-7,9H2,1-2H3/t10-,12+,13-/m1/s1. The van der Waals surface area contributed by atoms with Gasteiger partial charge < -0.3 is 15.0 Å². The number of amides is 1. The molecule has 0 aromatic carbocycles. The Morgan fingerprint density at radius 1 is 1.48 bits per heavy atom. The highest BCUT2D eigenvalue weighted by Crippen LogP contribution is 2.42. The van der Waals surface area contributed by atoms with Crippen LogP contribution in [0.2, 0.25) is 0 Å². The summed E-state index contributed by atoms with van der Waals surface area (Å²) in [5.74, 6) is 0.212. The number of methoxy groups -OCH3 is 1. The lowest BCUT2D eigenvalue weighted by Gasteiger charge is -2.32. The Morgan fingerprint density at radius 3 is 2.88 bits per heavy atom. The van der Waals surface area contributed by atoms with Crippen molar-refractivity contribution in [3.8, 4) is 0 Å². The molecule has 0 unspecified atom stereocenters. The Morgan fingerprint density at radius 2 is 2.24 bits per heavy atom. The molecule has 0 spiro atoms. The quantitative estimate of drug-likeness (QED) is 0.897. The highest BCUT2D eigenvalue weighted by Gasteiger charge is 2.46. The van der Waals surface area contributed by atoms with Gasteiger partial charge in [0.2, 0.25) is 5.91 Å². The molecule has 3 rings (SSSR count). The molecule has 2 aliphatic heterocycles. The Labute approximate surface area is 144 Å². The summed E-state index contributed by atoms with van der Waals surface area (Å²) in [6, 6.07) is -0.508. The highest BCUT2D eigenvalue weighted by molar-refractivity contribution is 5.78. The van der Waals surface area contributed by atoms with Crippen LogP contribution < -0.4 is 5.32 Å². The van der Waals surface area contributed by atoms with E-state index in [0.29, 0.717) is 30.9 Å². The van der Waals surface area contributed by atoms with E-state index in [1.54, 1.807) is 11.0 Å². The fourth-order valence-electron chi connectivity index (χ4n) is 3.68. The van der Waals surface area contributed by atoms with Crippen LogP contribution in [-0.2, 0) is 9.53 Å². The Balaban J connectivity index is 1.90. The van der Waals surface area contributed by atoms with Crippen LogP contribution in [0.15, 0.2) is 6.07 Å². The molecule has 3 atom stereocenters. The van der Waals surface area contributed by atoms with E-state index in [0.717, 1.165) is 11.1 Å². The predicted molar refractivity (Wildman–Crippen MR) is 85.2 cm³/mol. The monoisotopic (exact) mass is 360 g/mol. The van der Waals surface area contributed by atoms with Gasteiger partial charge in [-0.3, -0.25) is 4.79 Å². The first-order valence-corrected chi connectivity index (χ1v) is 8.56. The molecule has 0 saturated carbocycles. The number of carbonyl (C=O) groups is 1. The molecule has 0 radical (unpaired) electrons. The molecule has 6 nitrogen and oxygen atoms in total. The van der Waals surface area contributed by atoms with Gasteiger partial charge in [-0.05, 0) is 25.7 Å². The number of hydrogen-bond donors (Lipinski definition) is 1. The zero-order valence-electron chi connectivity index (χ0n) is 14.3. The summed E-state index contributed by atoms with van der Waals surface area (Å²) in [6.45, 7) is 2.40. The number of ether oxygens (including phenoxy) is 1. The van der Waals surface area contributed by atoms with Crippen molar-refractivity contribution in [1.82, 2.24) is 14.7 Å². The number of fused-ring (bicyclic) bond motifs is 1. The minimum Gasteiger partial charge on any atom is -0.375 e. The van der Waals surface area contributed by atoms with E-state index in [-0.39, 0.29) is 31.0 Å². The molecular weight excluding hydrogens is 337 g/mol. The molecular formula is C16H23F3N4O2. The van der Waals surface area contributed by atoms with Gasteiger partial charge in [0.25, 0.3) is 0 Å². The van der Waals surface area contributed by atoms with Gasteiger partial charge in [0.1, 0.15) is 12.4 Å². The molecule has 0 bridgehead atoms. The molecule has 1 aromatic rings. The zero-order chi connectivity index (χ0) is 18.2. The van der Waals surface area contributed by atoms with E-state index in [1.807, 2.05) is 6.92 Å². The van der Waals surface area contributed by atoms with Gasteiger partial charge in [-0.2, -0.15) is 18.3 Å². The molecule has 3 heterocycles. The van der Waals surface area contributed by atoms with E-state index in [2.05, 4.69) is 10.4 Å². The molecule has 1 amide bonds. The number of rotatable bonds is 4. The predicted octanol–water partition coefficient (Wildman–Crippen LogP) is 2.89. The van der Waals surface area contributed by atoms with E-state index in [9.17, 15) is 18.0 Å². The van der Waals surface area contributed by atoms with Gasteiger partial charge in [0.15, 0.2) is 6.04 Å². The number of nitrogens with zero attached hydrogens (tertiary/aromatic N) is 3. The SMILES string of the molecule is CC[C@@H]1C[C@H](C(F)(F)F)n2nc([C@@H]3CCCN3C(=O)COC)cc2N1. The van der Waals surface area contributed by atoms with Gasteiger partial charge in [0, 0.05) is 25.8 Å². The van der Waals surface area contributed by atoms with E-state index in [4.69, 9.17) is 4.74 Å². The Hall–Kier alpha value is -1.77. The van der Waals surface area contributed by atoms with Gasteiger partial charge in [-0.1, -0.05) is 6.92 Å². The summed E-state index contributed by atoms with van der Waals surface area (Å²) in [6.07, 6.45) is -2.29. The normalized spacial score (nSPS) is 26.4. The van der Waals surface area contributed by atoms with E-state index in [1.165, 1.54) is 7.11 Å². The third kappa shape index (κ3) is 3.47. The van der Waals surface area contributed by atoms with Gasteiger partial charge in [-0.25, -0.2) is 4.68 Å². The lowest BCUT2D eigenvalue weighted by molar-refractivity contribution is -0.173. The summed E-state index contributed by atoms with van der Waals surface area (Å²) < 4.78 is 46.3. The number of likely N-dealkylation sites (tertiary alicyclic amines) is 1. The molecule has 0 aliphatic carbocycles. The number of aromatic nitrogens is 2. The van der Waals surface area contributed by atoms with Crippen LogP contribution in [0.4, 0.5) is 19.0 Å². The van der Waals surface area contributed by atoms with Crippen molar-refractivity contribution in [3.63, 3.8) is 0 Å². The third-order valence-corrected chi connectivity index (χ3v) is 4.96. The van der Waals surface area contributed by atoms with Crippen LogP contribution in [0, 0.1) is 0 Å². The van der Waals surface area contributed by atoms with Gasteiger partial charge >= 0.3 is 6.18 Å². The molecule has 25 heavy (non-hydrogen) atoms. The minimum atomic E-state index is -4.35. The van der Waals surface area contributed by atoms with Crippen molar-refractivity contribution < 1.29 is 22.7 Å². The first-order valence-electron chi connectivity index (χ1n) is 8.56. The van der Waals surface area contributed by atoms with Crippen molar-refractivity contribution >= 4 is 11.7 Å². The number of nitrogens with one attached hydrogen (secondary N) is 1. The maximum absolute atomic E-state index is 13.5. The molecule has 1 N–H and O–H groups in total. The molecule has 1 fully saturated rings. The lowest BCUT2D eigenvalue weighted by atomic mass is 10.0. The number of hydrogen-bond acceptors (Lipinski definition) is 4. The highest BCUT2D eigenvalue weighted by atomic mass is 19.4. The maximum Gasteiger partial charge on any atom is 0.410 e. The summed E-state index contributed by atoms with van der Waals surface area (Å²) >= 11 is 0. The molecule has 1 saturated heterocycles. The average Bonchev–Trinajstić information content (AvgIpc) is 3.19. The zero-order valence-corrected chi connectivity index (χ0v) is 14.3. The first kappa shape index (κ1) is 18.0. The summed E-state index contributed by atoms with van der Waals surface area (Å²) in [5.41, 5.74) is 0.510. The second kappa shape index (κ2) is 6.86. The number of alkyl halides is 3. The molecule has 1 aromatic heterocycles. The van der Waals surface area contributed by atoms with Crippen molar-refractivity contribution in [2.75, 3.05) is 25.6 Å². The van der Waals surface area contributed by atoms with E-state index < -0.39 is 12.2 Å². The van der Waals surface area contributed by atoms with Crippen LogP contribution in [0.25, 0.3) is 0 Å². The topological polar surface area (TPSA) is 59.4 Å². The van der Waals surface area contributed by atoms with Crippen molar-refractivity contribution in [2.45, 2.75) is 56.9 Å². The fourth-order valence-corrected chi connectivity index (χ4v) is 3.68. The summed E-state index contributed by atoms with van der Waals surface area (Å²) in [5, 5.41) is 7.38. The second-order valence-corrected chi connectivity index (χ2v) is 6.62. The first-order chi connectivity index (χ1) is 11.8. The van der Waals surface area contributed by atoms with Crippen molar-refractivity contribution in [3.05, 3.63) is 11.8 Å². The second-order valence-electron chi connectivity index (χ2n) is 6.62. The van der Waals surface area contributed by atoms with Crippen LogP contribution in [0.5, 0.6) is 0 Å².